The second-order valence-electron chi connectivity index (χ2n) is 4.39. The van der Waals surface area contributed by atoms with Crippen LogP contribution in [0.3, 0.4) is 0 Å². The van der Waals surface area contributed by atoms with Crippen molar-refractivity contribution in [2.24, 2.45) is 11.7 Å². The molecule has 3 N–H and O–H groups in total. The number of hydrogen-bond acceptors (Lipinski definition) is 3. The van der Waals surface area contributed by atoms with Crippen molar-refractivity contribution in [3.63, 3.8) is 0 Å². The third kappa shape index (κ3) is 2.54. The van der Waals surface area contributed by atoms with E-state index in [2.05, 4.69) is 11.4 Å². The van der Waals surface area contributed by atoms with E-state index in [9.17, 15) is 0 Å². The molecule has 0 amide bonds. The Morgan fingerprint density at radius 3 is 2.81 bits per heavy atom. The van der Waals surface area contributed by atoms with Crippen molar-refractivity contribution in [1.29, 1.82) is 0 Å². The molecule has 1 fully saturated rings. The molecule has 3 heteroatoms. The normalized spacial score (nSPS) is 19.4. The molecule has 0 aromatic heterocycles. The Hall–Kier alpha value is -1.06. The predicted molar refractivity (Wildman–Crippen MR) is 65.5 cm³/mol. The monoisotopic (exact) mass is 220 g/mol. The highest BCUT2D eigenvalue weighted by atomic mass is 16.5. The first-order valence-electron chi connectivity index (χ1n) is 5.91. The number of methoxy groups -OCH3 is 1. The molecule has 0 bridgehead atoms. The van der Waals surface area contributed by atoms with Gasteiger partial charge in [0.25, 0.3) is 0 Å². The lowest BCUT2D eigenvalue weighted by molar-refractivity contribution is 0.321. The first kappa shape index (κ1) is 11.4. The van der Waals surface area contributed by atoms with Gasteiger partial charge in [0, 0.05) is 6.04 Å². The van der Waals surface area contributed by atoms with Gasteiger partial charge in [-0.15, -0.1) is 0 Å². The zero-order valence-electron chi connectivity index (χ0n) is 9.78. The van der Waals surface area contributed by atoms with Crippen LogP contribution in [-0.4, -0.2) is 20.2 Å². The van der Waals surface area contributed by atoms with Crippen molar-refractivity contribution in [3.05, 3.63) is 29.8 Å². The van der Waals surface area contributed by atoms with Crippen molar-refractivity contribution in [1.82, 2.24) is 5.32 Å². The van der Waals surface area contributed by atoms with Crippen LogP contribution in [0.25, 0.3) is 0 Å². The van der Waals surface area contributed by atoms with Gasteiger partial charge in [0.15, 0.2) is 0 Å². The topological polar surface area (TPSA) is 47.3 Å². The maximum absolute atomic E-state index is 6.31. The number of benzene rings is 1. The van der Waals surface area contributed by atoms with E-state index in [1.807, 2.05) is 18.2 Å². The Morgan fingerprint density at radius 2 is 2.12 bits per heavy atom. The van der Waals surface area contributed by atoms with Gasteiger partial charge in [-0.2, -0.15) is 0 Å². The minimum atomic E-state index is 0.136. The highest BCUT2D eigenvalue weighted by Gasteiger charge is 2.21. The van der Waals surface area contributed by atoms with Crippen LogP contribution in [0.1, 0.15) is 24.4 Å². The van der Waals surface area contributed by atoms with Crippen LogP contribution in [0.5, 0.6) is 5.75 Å². The van der Waals surface area contributed by atoms with E-state index < -0.39 is 0 Å². The molecule has 16 heavy (non-hydrogen) atoms. The Kier molecular flexibility index (Phi) is 3.80. The fraction of sp³-hybridized carbons (Fsp3) is 0.538. The second-order valence-corrected chi connectivity index (χ2v) is 4.39. The average Bonchev–Trinajstić information content (AvgIpc) is 2.39. The maximum Gasteiger partial charge on any atom is 0.119 e. The fourth-order valence-corrected chi connectivity index (χ4v) is 2.32. The fourth-order valence-electron chi connectivity index (χ4n) is 2.32. The minimum Gasteiger partial charge on any atom is -0.497 e. The van der Waals surface area contributed by atoms with E-state index in [4.69, 9.17) is 10.5 Å². The molecule has 0 radical (unpaired) electrons. The summed E-state index contributed by atoms with van der Waals surface area (Å²) in [6.45, 7) is 2.17. The molecule has 1 aliphatic rings. The van der Waals surface area contributed by atoms with Gasteiger partial charge in [-0.3, -0.25) is 0 Å². The molecular formula is C13H20N2O. The highest BCUT2D eigenvalue weighted by Crippen LogP contribution is 2.28. The molecule has 2 rings (SSSR count). The quantitative estimate of drug-likeness (QED) is 0.815. The summed E-state index contributed by atoms with van der Waals surface area (Å²) in [5, 5.41) is 3.36. The number of ether oxygens (including phenoxy) is 1. The predicted octanol–water partition coefficient (Wildman–Crippen LogP) is 1.69. The highest BCUT2D eigenvalue weighted by molar-refractivity contribution is 5.30. The maximum atomic E-state index is 6.31. The number of rotatable bonds is 3. The van der Waals surface area contributed by atoms with E-state index in [0.29, 0.717) is 5.92 Å². The Balaban J connectivity index is 2.09. The standard InChI is InChI=1S/C13H20N2O/c1-16-12-4-2-3-11(9-12)13(14)10-5-7-15-8-6-10/h2-4,9-10,13,15H,5-8,14H2,1H3/t13-/m1/s1. The molecule has 0 saturated carbocycles. The third-order valence-electron chi connectivity index (χ3n) is 3.37. The van der Waals surface area contributed by atoms with Crippen LogP contribution in [-0.2, 0) is 0 Å². The lowest BCUT2D eigenvalue weighted by Crippen LogP contribution is -2.33. The van der Waals surface area contributed by atoms with Gasteiger partial charge in [-0.05, 0) is 49.5 Å². The molecule has 1 aromatic carbocycles. The number of piperidine rings is 1. The van der Waals surface area contributed by atoms with Crippen LogP contribution < -0.4 is 15.8 Å². The minimum absolute atomic E-state index is 0.136. The van der Waals surface area contributed by atoms with Crippen molar-refractivity contribution < 1.29 is 4.74 Å². The van der Waals surface area contributed by atoms with Crippen LogP contribution in [0.2, 0.25) is 0 Å². The first-order chi connectivity index (χ1) is 7.81. The number of nitrogens with two attached hydrogens (primary N) is 1. The molecule has 1 aromatic rings. The van der Waals surface area contributed by atoms with E-state index in [-0.39, 0.29) is 6.04 Å². The summed E-state index contributed by atoms with van der Waals surface area (Å²) in [6, 6.07) is 8.24. The number of hydrogen-bond donors (Lipinski definition) is 2. The van der Waals surface area contributed by atoms with Crippen LogP contribution >= 0.6 is 0 Å². The summed E-state index contributed by atoms with van der Waals surface area (Å²) < 4.78 is 5.22. The van der Waals surface area contributed by atoms with Crippen molar-refractivity contribution >= 4 is 0 Å². The van der Waals surface area contributed by atoms with Gasteiger partial charge in [0.05, 0.1) is 7.11 Å². The van der Waals surface area contributed by atoms with E-state index in [0.717, 1.165) is 18.8 Å². The molecule has 1 saturated heterocycles. The molecule has 0 spiro atoms. The third-order valence-corrected chi connectivity index (χ3v) is 3.37. The summed E-state index contributed by atoms with van der Waals surface area (Å²) in [5.41, 5.74) is 7.50. The van der Waals surface area contributed by atoms with Gasteiger partial charge < -0.3 is 15.8 Å². The molecule has 1 aliphatic heterocycles. The van der Waals surface area contributed by atoms with Crippen LogP contribution in [0, 0.1) is 5.92 Å². The molecule has 1 atom stereocenters. The average molecular weight is 220 g/mol. The van der Waals surface area contributed by atoms with E-state index in [1.54, 1.807) is 7.11 Å². The van der Waals surface area contributed by atoms with Gasteiger partial charge in [-0.1, -0.05) is 12.1 Å². The summed E-state index contributed by atoms with van der Waals surface area (Å²) in [4.78, 5) is 0. The van der Waals surface area contributed by atoms with Gasteiger partial charge in [0.2, 0.25) is 0 Å². The molecule has 1 heterocycles. The summed E-state index contributed by atoms with van der Waals surface area (Å²) in [5.74, 6) is 1.48. The van der Waals surface area contributed by atoms with E-state index in [1.165, 1.54) is 18.4 Å². The van der Waals surface area contributed by atoms with E-state index >= 15 is 0 Å². The van der Waals surface area contributed by atoms with Crippen LogP contribution in [0.4, 0.5) is 0 Å². The smallest absolute Gasteiger partial charge is 0.119 e. The molecule has 0 aliphatic carbocycles. The lowest BCUT2D eigenvalue weighted by Gasteiger charge is -2.28. The first-order valence-corrected chi connectivity index (χ1v) is 5.91. The zero-order valence-corrected chi connectivity index (χ0v) is 9.78. The molecule has 3 nitrogen and oxygen atoms in total. The Morgan fingerprint density at radius 1 is 1.38 bits per heavy atom. The summed E-state index contributed by atoms with van der Waals surface area (Å²) >= 11 is 0. The van der Waals surface area contributed by atoms with Gasteiger partial charge in [0.1, 0.15) is 5.75 Å². The zero-order chi connectivity index (χ0) is 11.4. The van der Waals surface area contributed by atoms with Crippen molar-refractivity contribution in [2.75, 3.05) is 20.2 Å². The van der Waals surface area contributed by atoms with Crippen molar-refractivity contribution in [3.8, 4) is 5.75 Å². The summed E-state index contributed by atoms with van der Waals surface area (Å²) in [6.07, 6.45) is 2.33. The molecule has 88 valence electrons. The largest absolute Gasteiger partial charge is 0.497 e. The lowest BCUT2D eigenvalue weighted by atomic mass is 9.86. The van der Waals surface area contributed by atoms with Gasteiger partial charge >= 0.3 is 0 Å². The van der Waals surface area contributed by atoms with Crippen molar-refractivity contribution in [2.45, 2.75) is 18.9 Å². The van der Waals surface area contributed by atoms with Crippen LogP contribution in [0.15, 0.2) is 24.3 Å². The summed E-state index contributed by atoms with van der Waals surface area (Å²) in [7, 11) is 1.69. The molecule has 0 unspecified atom stereocenters. The SMILES string of the molecule is COc1cccc([C@H](N)C2CCNCC2)c1. The second kappa shape index (κ2) is 5.32. The van der Waals surface area contributed by atoms with Gasteiger partial charge in [-0.25, -0.2) is 0 Å². The molecular weight excluding hydrogens is 200 g/mol. The number of nitrogens with one attached hydrogen (secondary N) is 1. The Bertz CT molecular complexity index is 334. The Labute approximate surface area is 97.0 Å².